The molecule has 23 heavy (non-hydrogen) atoms. The van der Waals surface area contributed by atoms with Crippen molar-refractivity contribution in [3.63, 3.8) is 0 Å². The second-order valence-electron chi connectivity index (χ2n) is 5.27. The molecular formula is C16H18ClN3O3. The number of pyridine rings is 1. The third-order valence-corrected chi connectivity index (χ3v) is 3.82. The van der Waals surface area contributed by atoms with Gasteiger partial charge in [-0.2, -0.15) is 0 Å². The highest BCUT2D eigenvalue weighted by atomic mass is 35.5. The van der Waals surface area contributed by atoms with Crippen LogP contribution in [0.5, 0.6) is 0 Å². The van der Waals surface area contributed by atoms with Crippen molar-refractivity contribution in [3.8, 4) is 0 Å². The minimum Gasteiger partial charge on any atom is -0.465 e. The summed E-state index contributed by atoms with van der Waals surface area (Å²) in [5.74, 6) is -0.671. The van der Waals surface area contributed by atoms with E-state index < -0.39 is 5.97 Å². The van der Waals surface area contributed by atoms with Crippen LogP contribution in [0.1, 0.15) is 37.7 Å². The van der Waals surface area contributed by atoms with E-state index in [0.717, 1.165) is 5.56 Å². The first-order valence-corrected chi connectivity index (χ1v) is 7.36. The lowest BCUT2D eigenvalue weighted by molar-refractivity contribution is 0.0599. The Morgan fingerprint density at radius 3 is 2.61 bits per heavy atom. The summed E-state index contributed by atoms with van der Waals surface area (Å²) in [6.45, 7) is 3.84. The number of methoxy groups -OCH3 is 1. The maximum Gasteiger partial charge on any atom is 0.339 e. The second-order valence-corrected chi connectivity index (χ2v) is 5.65. The number of aromatic amines is 1. The Kier molecular flexibility index (Phi) is 5.05. The van der Waals surface area contributed by atoms with Gasteiger partial charge in [0.25, 0.3) is 5.91 Å². The van der Waals surface area contributed by atoms with Crippen molar-refractivity contribution in [1.29, 1.82) is 0 Å². The molecule has 2 aromatic heterocycles. The van der Waals surface area contributed by atoms with E-state index in [2.05, 4.69) is 9.97 Å². The molecule has 0 unspecified atom stereocenters. The summed E-state index contributed by atoms with van der Waals surface area (Å²) in [5.41, 5.74) is 2.84. The van der Waals surface area contributed by atoms with E-state index in [1.165, 1.54) is 7.11 Å². The van der Waals surface area contributed by atoms with Crippen LogP contribution in [0.4, 0.5) is 0 Å². The van der Waals surface area contributed by atoms with Gasteiger partial charge in [-0.1, -0.05) is 17.7 Å². The molecule has 0 aliphatic heterocycles. The average molecular weight is 336 g/mol. The van der Waals surface area contributed by atoms with Gasteiger partial charge in [-0.15, -0.1) is 0 Å². The van der Waals surface area contributed by atoms with Crippen LogP contribution in [-0.4, -0.2) is 40.9 Å². The maximum absolute atomic E-state index is 12.6. The van der Waals surface area contributed by atoms with E-state index in [1.807, 2.05) is 6.07 Å². The first-order chi connectivity index (χ1) is 10.8. The van der Waals surface area contributed by atoms with Gasteiger partial charge in [0.15, 0.2) is 0 Å². The van der Waals surface area contributed by atoms with E-state index in [1.54, 1.807) is 38.1 Å². The number of esters is 1. The van der Waals surface area contributed by atoms with Crippen LogP contribution in [-0.2, 0) is 11.3 Å². The number of carbonyl (C=O) groups excluding carboxylic acids is 2. The molecule has 122 valence electrons. The topological polar surface area (TPSA) is 75.3 Å². The lowest BCUT2D eigenvalue weighted by atomic mass is 10.1. The van der Waals surface area contributed by atoms with Crippen molar-refractivity contribution >= 4 is 23.5 Å². The molecule has 0 aliphatic rings. The van der Waals surface area contributed by atoms with Crippen LogP contribution >= 0.6 is 11.6 Å². The van der Waals surface area contributed by atoms with Gasteiger partial charge >= 0.3 is 5.97 Å². The third-order valence-electron chi connectivity index (χ3n) is 3.60. The predicted molar refractivity (Wildman–Crippen MR) is 86.7 cm³/mol. The number of aromatic nitrogens is 2. The minimum absolute atomic E-state index is 0.212. The Hall–Kier alpha value is -2.34. The molecule has 2 heterocycles. The van der Waals surface area contributed by atoms with Crippen LogP contribution in [0.15, 0.2) is 18.3 Å². The molecule has 0 fully saturated rings. The predicted octanol–water partition coefficient (Wildman–Crippen LogP) is 2.74. The van der Waals surface area contributed by atoms with E-state index in [9.17, 15) is 9.59 Å². The molecule has 2 aromatic rings. The van der Waals surface area contributed by atoms with Gasteiger partial charge in [0.1, 0.15) is 10.8 Å². The number of hydrogen-bond donors (Lipinski definition) is 1. The normalized spacial score (nSPS) is 10.5. The van der Waals surface area contributed by atoms with Gasteiger partial charge in [-0.25, -0.2) is 9.78 Å². The largest absolute Gasteiger partial charge is 0.465 e. The number of hydrogen-bond acceptors (Lipinski definition) is 4. The Balaban J connectivity index is 2.23. The maximum atomic E-state index is 12.6. The first kappa shape index (κ1) is 17.0. The zero-order valence-corrected chi connectivity index (χ0v) is 14.2. The van der Waals surface area contributed by atoms with Crippen LogP contribution in [0.3, 0.4) is 0 Å². The monoisotopic (exact) mass is 335 g/mol. The summed E-state index contributed by atoms with van der Waals surface area (Å²) in [7, 11) is 3.00. The molecule has 0 spiro atoms. The molecule has 1 N–H and O–H groups in total. The Morgan fingerprint density at radius 1 is 1.35 bits per heavy atom. The van der Waals surface area contributed by atoms with Crippen molar-refractivity contribution in [2.45, 2.75) is 20.4 Å². The third kappa shape index (κ3) is 3.53. The van der Waals surface area contributed by atoms with E-state index >= 15 is 0 Å². The number of nitrogens with zero attached hydrogens (tertiary/aromatic N) is 2. The Labute approximate surface area is 139 Å². The van der Waals surface area contributed by atoms with Gasteiger partial charge in [-0.05, 0) is 31.0 Å². The van der Waals surface area contributed by atoms with Crippen molar-refractivity contribution in [2.24, 2.45) is 0 Å². The fraction of sp³-hybridized carbons (Fsp3) is 0.312. The molecule has 6 nitrogen and oxygen atoms in total. The van der Waals surface area contributed by atoms with Crippen molar-refractivity contribution in [2.75, 3.05) is 14.2 Å². The lowest BCUT2D eigenvalue weighted by Gasteiger charge is -2.17. The Bertz CT molecular complexity index is 738. The number of ether oxygens (including phenoxy) is 1. The smallest absolute Gasteiger partial charge is 0.339 e. The summed E-state index contributed by atoms with van der Waals surface area (Å²) < 4.78 is 4.75. The summed E-state index contributed by atoms with van der Waals surface area (Å²) >= 11 is 5.75. The molecule has 0 atom stereocenters. The molecular weight excluding hydrogens is 318 g/mol. The number of halogens is 1. The summed E-state index contributed by atoms with van der Waals surface area (Å²) in [6.07, 6.45) is 1.62. The number of H-pyrrole nitrogens is 1. The van der Waals surface area contributed by atoms with Crippen LogP contribution in [0.2, 0.25) is 5.15 Å². The number of carbonyl (C=O) groups is 2. The van der Waals surface area contributed by atoms with Gasteiger partial charge in [0.05, 0.1) is 12.7 Å². The summed E-state index contributed by atoms with van der Waals surface area (Å²) in [5, 5.41) is 0.404. The molecule has 0 saturated carbocycles. The lowest BCUT2D eigenvalue weighted by Crippen LogP contribution is -2.27. The number of aryl methyl sites for hydroxylation is 1. The van der Waals surface area contributed by atoms with Crippen LogP contribution in [0.25, 0.3) is 0 Å². The van der Waals surface area contributed by atoms with E-state index in [0.29, 0.717) is 34.2 Å². The number of amides is 1. The minimum atomic E-state index is -0.458. The van der Waals surface area contributed by atoms with Crippen molar-refractivity contribution < 1.29 is 14.3 Å². The van der Waals surface area contributed by atoms with Crippen LogP contribution < -0.4 is 0 Å². The quantitative estimate of drug-likeness (QED) is 0.688. The molecule has 0 saturated heterocycles. The molecule has 0 bridgehead atoms. The zero-order valence-electron chi connectivity index (χ0n) is 13.4. The standard InChI is InChI=1S/C16H18ClN3O3/c1-9-13(16(22)23-4)10(2)19-14(9)15(21)20(3)8-11-5-6-12(17)18-7-11/h5-7,19H,8H2,1-4H3. The highest BCUT2D eigenvalue weighted by Crippen LogP contribution is 2.20. The van der Waals surface area contributed by atoms with Gasteiger partial charge in [-0.3, -0.25) is 4.79 Å². The van der Waals surface area contributed by atoms with Crippen molar-refractivity contribution in [3.05, 3.63) is 51.6 Å². The van der Waals surface area contributed by atoms with Gasteiger partial charge < -0.3 is 14.6 Å². The van der Waals surface area contributed by atoms with E-state index in [4.69, 9.17) is 16.3 Å². The number of rotatable bonds is 4. The number of nitrogens with one attached hydrogen (secondary N) is 1. The molecule has 0 aromatic carbocycles. The fourth-order valence-corrected chi connectivity index (χ4v) is 2.52. The first-order valence-electron chi connectivity index (χ1n) is 6.98. The SMILES string of the molecule is COC(=O)c1c(C)[nH]c(C(=O)N(C)Cc2ccc(Cl)nc2)c1C. The zero-order chi connectivity index (χ0) is 17.1. The van der Waals surface area contributed by atoms with Crippen LogP contribution in [0, 0.1) is 13.8 Å². The summed E-state index contributed by atoms with van der Waals surface area (Å²) in [4.78, 5) is 32.9. The van der Waals surface area contributed by atoms with Gasteiger partial charge in [0, 0.05) is 25.5 Å². The second kappa shape index (κ2) is 6.83. The average Bonchev–Trinajstić information content (AvgIpc) is 2.82. The summed E-state index contributed by atoms with van der Waals surface area (Å²) in [6, 6.07) is 3.49. The molecule has 1 amide bonds. The highest BCUT2D eigenvalue weighted by Gasteiger charge is 2.24. The molecule has 0 radical (unpaired) electrons. The van der Waals surface area contributed by atoms with Crippen molar-refractivity contribution in [1.82, 2.24) is 14.9 Å². The van der Waals surface area contributed by atoms with Gasteiger partial charge in [0.2, 0.25) is 0 Å². The molecule has 2 rings (SSSR count). The molecule has 7 heteroatoms. The highest BCUT2D eigenvalue weighted by molar-refractivity contribution is 6.29. The van der Waals surface area contributed by atoms with E-state index in [-0.39, 0.29) is 5.91 Å². The fourth-order valence-electron chi connectivity index (χ4n) is 2.41. The molecule has 0 aliphatic carbocycles. The Morgan fingerprint density at radius 2 is 2.04 bits per heavy atom.